The zero-order chi connectivity index (χ0) is 12.8. The maximum Gasteiger partial charge on any atom is 0.0612 e. The molecule has 2 unspecified atom stereocenters. The third kappa shape index (κ3) is 5.36. The van der Waals surface area contributed by atoms with Crippen molar-refractivity contribution in [3.8, 4) is 0 Å². The van der Waals surface area contributed by atoms with E-state index in [9.17, 15) is 0 Å². The van der Waals surface area contributed by atoms with Gasteiger partial charge in [-0.05, 0) is 39.7 Å². The Morgan fingerprint density at radius 3 is 2.59 bits per heavy atom. The lowest BCUT2D eigenvalue weighted by atomic mass is 9.95. The number of hydrogen-bond donors (Lipinski definition) is 1. The highest BCUT2D eigenvalue weighted by molar-refractivity contribution is 4.78. The van der Waals surface area contributed by atoms with Crippen LogP contribution in [0.2, 0.25) is 0 Å². The molecular formula is C14H30N2O. The highest BCUT2D eigenvalue weighted by atomic mass is 16.5. The predicted octanol–water partition coefficient (Wildman–Crippen LogP) is 2.12. The summed E-state index contributed by atoms with van der Waals surface area (Å²) >= 11 is 0. The maximum atomic E-state index is 5.78. The van der Waals surface area contributed by atoms with Gasteiger partial charge in [0.25, 0.3) is 0 Å². The van der Waals surface area contributed by atoms with Gasteiger partial charge in [0, 0.05) is 31.8 Å². The number of nitrogens with one attached hydrogen (secondary N) is 1. The van der Waals surface area contributed by atoms with Crippen LogP contribution in [0.1, 0.15) is 40.5 Å². The molecule has 2 atom stereocenters. The Hall–Kier alpha value is -0.120. The lowest BCUT2D eigenvalue weighted by Gasteiger charge is -2.33. The molecule has 0 saturated carbocycles. The van der Waals surface area contributed by atoms with Crippen LogP contribution < -0.4 is 5.32 Å². The molecule has 1 heterocycles. The second-order valence-corrected chi connectivity index (χ2v) is 5.90. The van der Waals surface area contributed by atoms with E-state index in [0.717, 1.165) is 26.1 Å². The van der Waals surface area contributed by atoms with Crippen LogP contribution in [0.15, 0.2) is 0 Å². The Morgan fingerprint density at radius 1 is 1.29 bits per heavy atom. The van der Waals surface area contributed by atoms with Gasteiger partial charge in [-0.1, -0.05) is 13.8 Å². The Kier molecular flexibility index (Phi) is 6.45. The van der Waals surface area contributed by atoms with Crippen molar-refractivity contribution in [3.63, 3.8) is 0 Å². The smallest absolute Gasteiger partial charge is 0.0612 e. The van der Waals surface area contributed by atoms with Crippen molar-refractivity contribution in [2.45, 2.75) is 58.7 Å². The summed E-state index contributed by atoms with van der Waals surface area (Å²) in [6.07, 6.45) is 2.78. The molecule has 1 aliphatic heterocycles. The molecule has 0 aromatic rings. The van der Waals surface area contributed by atoms with Gasteiger partial charge in [0.05, 0.1) is 6.10 Å². The van der Waals surface area contributed by atoms with Crippen molar-refractivity contribution < 1.29 is 4.74 Å². The molecule has 0 aromatic heterocycles. The van der Waals surface area contributed by atoms with Gasteiger partial charge in [0.1, 0.15) is 0 Å². The SMILES string of the molecule is CC(C)C1CC(NCCN(C)C(C)C)CCO1. The van der Waals surface area contributed by atoms with E-state index in [4.69, 9.17) is 4.74 Å². The molecule has 0 spiro atoms. The lowest BCUT2D eigenvalue weighted by Crippen LogP contribution is -2.43. The summed E-state index contributed by atoms with van der Waals surface area (Å²) in [7, 11) is 2.19. The third-order valence-corrected chi connectivity index (χ3v) is 3.84. The van der Waals surface area contributed by atoms with Gasteiger partial charge in [-0.15, -0.1) is 0 Å². The van der Waals surface area contributed by atoms with Crippen molar-refractivity contribution >= 4 is 0 Å². The quantitative estimate of drug-likeness (QED) is 0.772. The van der Waals surface area contributed by atoms with Crippen LogP contribution in [0, 0.1) is 5.92 Å². The Bertz CT molecular complexity index is 206. The monoisotopic (exact) mass is 242 g/mol. The number of ether oxygens (including phenoxy) is 1. The van der Waals surface area contributed by atoms with Gasteiger partial charge in [0.2, 0.25) is 0 Å². The van der Waals surface area contributed by atoms with Crippen LogP contribution >= 0.6 is 0 Å². The number of rotatable bonds is 6. The summed E-state index contributed by atoms with van der Waals surface area (Å²) in [4.78, 5) is 2.38. The molecule has 0 bridgehead atoms. The molecule has 0 radical (unpaired) electrons. The van der Waals surface area contributed by atoms with Gasteiger partial charge < -0.3 is 15.0 Å². The molecule has 3 heteroatoms. The van der Waals surface area contributed by atoms with Gasteiger partial charge in [0.15, 0.2) is 0 Å². The number of likely N-dealkylation sites (N-methyl/N-ethyl adjacent to an activating group) is 1. The summed E-state index contributed by atoms with van der Waals surface area (Å²) in [6.45, 7) is 12.1. The van der Waals surface area contributed by atoms with E-state index in [1.807, 2.05) is 0 Å². The Morgan fingerprint density at radius 2 is 2.00 bits per heavy atom. The van der Waals surface area contributed by atoms with Crippen molar-refractivity contribution in [3.05, 3.63) is 0 Å². The van der Waals surface area contributed by atoms with E-state index in [-0.39, 0.29) is 0 Å². The molecule has 0 aromatic carbocycles. The van der Waals surface area contributed by atoms with Crippen LogP contribution in [-0.2, 0) is 4.74 Å². The summed E-state index contributed by atoms with van der Waals surface area (Å²) in [5.74, 6) is 0.637. The average Bonchev–Trinajstić information content (AvgIpc) is 2.29. The fourth-order valence-electron chi connectivity index (χ4n) is 2.18. The first-order chi connectivity index (χ1) is 8.00. The minimum Gasteiger partial charge on any atom is -0.378 e. The molecule has 0 amide bonds. The third-order valence-electron chi connectivity index (χ3n) is 3.84. The lowest BCUT2D eigenvalue weighted by molar-refractivity contribution is -0.0245. The standard InChI is InChI=1S/C14H30N2O/c1-11(2)14-10-13(6-9-17-14)15-7-8-16(5)12(3)4/h11-15H,6-10H2,1-5H3. The summed E-state index contributed by atoms with van der Waals surface area (Å²) in [6, 6.07) is 1.28. The van der Waals surface area contributed by atoms with Crippen LogP contribution in [0.25, 0.3) is 0 Å². The van der Waals surface area contributed by atoms with Gasteiger partial charge in [-0.25, -0.2) is 0 Å². The second-order valence-electron chi connectivity index (χ2n) is 5.90. The Balaban J connectivity index is 2.18. The highest BCUT2D eigenvalue weighted by Crippen LogP contribution is 2.19. The molecular weight excluding hydrogens is 212 g/mol. The molecule has 1 fully saturated rings. The largest absolute Gasteiger partial charge is 0.378 e. The number of nitrogens with zero attached hydrogens (tertiary/aromatic N) is 1. The van der Waals surface area contributed by atoms with E-state index in [1.54, 1.807) is 0 Å². The average molecular weight is 242 g/mol. The summed E-state index contributed by atoms with van der Waals surface area (Å²) in [5.41, 5.74) is 0. The van der Waals surface area contributed by atoms with Crippen LogP contribution in [0.3, 0.4) is 0 Å². The van der Waals surface area contributed by atoms with Crippen LogP contribution in [0.5, 0.6) is 0 Å². The van der Waals surface area contributed by atoms with Crippen molar-refractivity contribution in [2.75, 3.05) is 26.7 Å². The molecule has 1 aliphatic rings. The molecule has 102 valence electrons. The fraction of sp³-hybridized carbons (Fsp3) is 1.00. The molecule has 1 N–H and O–H groups in total. The minimum atomic E-state index is 0.448. The topological polar surface area (TPSA) is 24.5 Å². The van der Waals surface area contributed by atoms with Gasteiger partial charge in [-0.3, -0.25) is 0 Å². The molecule has 3 nitrogen and oxygen atoms in total. The number of hydrogen-bond acceptors (Lipinski definition) is 3. The van der Waals surface area contributed by atoms with E-state index >= 15 is 0 Å². The second kappa shape index (κ2) is 7.34. The maximum absolute atomic E-state index is 5.78. The van der Waals surface area contributed by atoms with E-state index in [0.29, 0.717) is 24.1 Å². The highest BCUT2D eigenvalue weighted by Gasteiger charge is 2.24. The van der Waals surface area contributed by atoms with Crippen LogP contribution in [-0.4, -0.2) is 49.8 Å². The van der Waals surface area contributed by atoms with E-state index in [1.165, 1.54) is 6.42 Å². The summed E-state index contributed by atoms with van der Waals surface area (Å²) in [5, 5.41) is 3.67. The first-order valence-corrected chi connectivity index (χ1v) is 7.06. The first-order valence-electron chi connectivity index (χ1n) is 7.06. The normalized spacial score (nSPS) is 26.1. The zero-order valence-electron chi connectivity index (χ0n) is 12.2. The Labute approximate surface area is 107 Å². The molecule has 17 heavy (non-hydrogen) atoms. The molecule has 1 rings (SSSR count). The molecule has 0 aliphatic carbocycles. The first kappa shape index (κ1) is 14.9. The van der Waals surface area contributed by atoms with Gasteiger partial charge >= 0.3 is 0 Å². The fourth-order valence-corrected chi connectivity index (χ4v) is 2.18. The van der Waals surface area contributed by atoms with Crippen molar-refractivity contribution in [1.29, 1.82) is 0 Å². The van der Waals surface area contributed by atoms with Gasteiger partial charge in [-0.2, -0.15) is 0 Å². The van der Waals surface area contributed by atoms with Crippen LogP contribution in [0.4, 0.5) is 0 Å². The van der Waals surface area contributed by atoms with Crippen molar-refractivity contribution in [2.24, 2.45) is 5.92 Å². The van der Waals surface area contributed by atoms with E-state index < -0.39 is 0 Å². The minimum absolute atomic E-state index is 0.448. The predicted molar refractivity (Wildman–Crippen MR) is 73.4 cm³/mol. The zero-order valence-corrected chi connectivity index (χ0v) is 12.2. The molecule has 1 saturated heterocycles. The van der Waals surface area contributed by atoms with E-state index in [2.05, 4.69) is 45.0 Å². The summed E-state index contributed by atoms with van der Waals surface area (Å²) < 4.78 is 5.78. The van der Waals surface area contributed by atoms with Crippen molar-refractivity contribution in [1.82, 2.24) is 10.2 Å².